The van der Waals surface area contributed by atoms with Gasteiger partial charge in [-0.3, -0.25) is 9.59 Å². The SMILES string of the molecule is CC[C@@H]1COC(=O)c2cccc(n2)C(=O)OC[C@@H](CC)NC(=O)C(=O)N1. The van der Waals surface area contributed by atoms with Gasteiger partial charge in [0.1, 0.15) is 24.6 Å². The first-order valence-corrected chi connectivity index (χ1v) is 8.37. The summed E-state index contributed by atoms with van der Waals surface area (Å²) in [5, 5.41) is 5.02. The molecule has 9 heteroatoms. The third kappa shape index (κ3) is 5.01. The van der Waals surface area contributed by atoms with E-state index in [0.717, 1.165) is 0 Å². The molecule has 0 spiro atoms. The van der Waals surface area contributed by atoms with Gasteiger partial charge in [0.25, 0.3) is 0 Å². The van der Waals surface area contributed by atoms with Crippen LogP contribution in [0.5, 0.6) is 0 Å². The van der Waals surface area contributed by atoms with Crippen LogP contribution in [0.15, 0.2) is 18.2 Å². The number of amides is 2. The Morgan fingerprint density at radius 1 is 0.885 bits per heavy atom. The van der Waals surface area contributed by atoms with Gasteiger partial charge in [0, 0.05) is 0 Å². The highest BCUT2D eigenvalue weighted by Gasteiger charge is 2.23. The second-order valence-corrected chi connectivity index (χ2v) is 5.76. The van der Waals surface area contributed by atoms with Gasteiger partial charge < -0.3 is 20.1 Å². The summed E-state index contributed by atoms with van der Waals surface area (Å²) >= 11 is 0. The van der Waals surface area contributed by atoms with Crippen LogP contribution in [0.4, 0.5) is 0 Å². The summed E-state index contributed by atoms with van der Waals surface area (Å²) in [6, 6.07) is 3.27. The van der Waals surface area contributed by atoms with Crippen molar-refractivity contribution in [1.82, 2.24) is 15.6 Å². The lowest BCUT2D eigenvalue weighted by atomic mass is 10.2. The Bertz CT molecular complexity index is 650. The van der Waals surface area contributed by atoms with Gasteiger partial charge in [-0.25, -0.2) is 14.6 Å². The van der Waals surface area contributed by atoms with E-state index in [4.69, 9.17) is 9.47 Å². The molecule has 0 fully saturated rings. The molecular formula is C17H21N3O6. The topological polar surface area (TPSA) is 124 Å². The number of carbonyl (C=O) groups is 4. The molecule has 1 aromatic heterocycles. The number of hydrogen-bond acceptors (Lipinski definition) is 7. The van der Waals surface area contributed by atoms with Crippen LogP contribution in [0.3, 0.4) is 0 Å². The van der Waals surface area contributed by atoms with Crippen molar-refractivity contribution in [1.29, 1.82) is 0 Å². The molecule has 0 saturated carbocycles. The Morgan fingerprint density at radius 2 is 1.31 bits per heavy atom. The van der Waals surface area contributed by atoms with Crippen LogP contribution in [0.25, 0.3) is 0 Å². The third-order valence-corrected chi connectivity index (χ3v) is 3.86. The van der Waals surface area contributed by atoms with E-state index in [1.165, 1.54) is 18.2 Å². The van der Waals surface area contributed by atoms with Gasteiger partial charge in [-0.15, -0.1) is 0 Å². The van der Waals surface area contributed by atoms with Gasteiger partial charge in [0.2, 0.25) is 0 Å². The van der Waals surface area contributed by atoms with Crippen LogP contribution >= 0.6 is 0 Å². The van der Waals surface area contributed by atoms with Crippen LogP contribution in [0, 0.1) is 0 Å². The molecule has 2 atom stereocenters. The maximum Gasteiger partial charge on any atom is 0.357 e. The molecule has 2 N–H and O–H groups in total. The van der Waals surface area contributed by atoms with Crippen LogP contribution in [0.1, 0.15) is 47.7 Å². The van der Waals surface area contributed by atoms with Crippen molar-refractivity contribution in [3.8, 4) is 0 Å². The van der Waals surface area contributed by atoms with Crippen molar-refractivity contribution >= 4 is 23.8 Å². The lowest BCUT2D eigenvalue weighted by molar-refractivity contribution is -0.140. The molecule has 0 aromatic carbocycles. The molecule has 2 heterocycles. The first kappa shape index (κ1) is 19.4. The zero-order chi connectivity index (χ0) is 19.1. The number of nitrogens with zero attached hydrogens (tertiary/aromatic N) is 1. The number of fused-ring (bicyclic) bond motifs is 2. The van der Waals surface area contributed by atoms with E-state index in [1.54, 1.807) is 13.8 Å². The Kier molecular flexibility index (Phi) is 6.65. The number of ether oxygens (including phenoxy) is 2. The molecule has 0 unspecified atom stereocenters. The van der Waals surface area contributed by atoms with Crippen molar-refractivity contribution in [2.24, 2.45) is 0 Å². The number of aromatic nitrogens is 1. The summed E-state index contributed by atoms with van der Waals surface area (Å²) < 4.78 is 10.2. The van der Waals surface area contributed by atoms with Crippen LogP contribution in [-0.4, -0.2) is 54.0 Å². The minimum Gasteiger partial charge on any atom is -0.459 e. The zero-order valence-electron chi connectivity index (χ0n) is 14.6. The molecule has 2 amide bonds. The highest BCUT2D eigenvalue weighted by Crippen LogP contribution is 2.06. The predicted molar refractivity (Wildman–Crippen MR) is 89.2 cm³/mol. The number of nitrogens with one attached hydrogen (secondary N) is 2. The van der Waals surface area contributed by atoms with Gasteiger partial charge in [0.15, 0.2) is 0 Å². The lowest BCUT2D eigenvalue weighted by Gasteiger charge is -2.19. The fourth-order valence-corrected chi connectivity index (χ4v) is 2.19. The normalized spacial score (nSPS) is 22.2. The second-order valence-electron chi connectivity index (χ2n) is 5.76. The summed E-state index contributed by atoms with van der Waals surface area (Å²) in [6.45, 7) is 3.32. The van der Waals surface area contributed by atoms with Crippen molar-refractivity contribution in [2.75, 3.05) is 13.2 Å². The van der Waals surface area contributed by atoms with Gasteiger partial charge in [-0.1, -0.05) is 19.9 Å². The van der Waals surface area contributed by atoms with E-state index in [-0.39, 0.29) is 24.6 Å². The fourth-order valence-electron chi connectivity index (χ4n) is 2.19. The number of esters is 2. The minimum absolute atomic E-state index is 0.0447. The molecule has 2 bridgehead atoms. The first-order valence-electron chi connectivity index (χ1n) is 8.37. The smallest absolute Gasteiger partial charge is 0.357 e. The Labute approximate surface area is 150 Å². The van der Waals surface area contributed by atoms with Gasteiger partial charge in [0.05, 0.1) is 12.1 Å². The molecule has 1 aromatic rings. The highest BCUT2D eigenvalue weighted by molar-refractivity contribution is 6.35. The second kappa shape index (κ2) is 8.93. The highest BCUT2D eigenvalue weighted by atomic mass is 16.5. The van der Waals surface area contributed by atoms with Gasteiger partial charge in [-0.05, 0) is 25.0 Å². The van der Waals surface area contributed by atoms with E-state index < -0.39 is 35.8 Å². The molecule has 1 aliphatic rings. The van der Waals surface area contributed by atoms with E-state index in [2.05, 4.69) is 15.6 Å². The number of cyclic esters (lactones) is 2. The number of pyridine rings is 1. The Hall–Kier alpha value is -2.97. The van der Waals surface area contributed by atoms with Crippen LogP contribution < -0.4 is 10.6 Å². The molecule has 140 valence electrons. The monoisotopic (exact) mass is 363 g/mol. The maximum absolute atomic E-state index is 12.1. The molecule has 1 aliphatic heterocycles. The largest absolute Gasteiger partial charge is 0.459 e. The third-order valence-electron chi connectivity index (χ3n) is 3.86. The lowest BCUT2D eigenvalue weighted by Crippen LogP contribution is -2.49. The number of rotatable bonds is 2. The maximum atomic E-state index is 12.1. The van der Waals surface area contributed by atoms with Crippen LogP contribution in [-0.2, 0) is 19.1 Å². The molecule has 0 saturated heterocycles. The average Bonchev–Trinajstić information content (AvgIpc) is 2.66. The molecule has 9 nitrogen and oxygen atoms in total. The van der Waals surface area contributed by atoms with Crippen molar-refractivity contribution in [3.05, 3.63) is 29.6 Å². The minimum atomic E-state index is -0.841. The predicted octanol–water partition coefficient (Wildman–Crippen LogP) is 0.198. The van der Waals surface area contributed by atoms with Crippen molar-refractivity contribution in [3.63, 3.8) is 0 Å². The summed E-state index contributed by atoms with van der Waals surface area (Å²) in [4.78, 5) is 52.1. The Morgan fingerprint density at radius 3 is 1.69 bits per heavy atom. The van der Waals surface area contributed by atoms with E-state index in [1.807, 2.05) is 0 Å². The fraction of sp³-hybridized carbons (Fsp3) is 0.471. The first-order chi connectivity index (χ1) is 12.4. The van der Waals surface area contributed by atoms with E-state index >= 15 is 0 Å². The van der Waals surface area contributed by atoms with Crippen LogP contribution in [0.2, 0.25) is 0 Å². The molecule has 2 rings (SSSR count). The summed E-state index contributed by atoms with van der Waals surface area (Å²) in [5.74, 6) is -3.16. The van der Waals surface area contributed by atoms with Gasteiger partial charge in [-0.2, -0.15) is 0 Å². The van der Waals surface area contributed by atoms with Gasteiger partial charge >= 0.3 is 23.8 Å². The quantitative estimate of drug-likeness (QED) is 0.568. The van der Waals surface area contributed by atoms with Crippen molar-refractivity contribution < 1.29 is 28.7 Å². The summed E-state index contributed by atoms with van der Waals surface area (Å²) in [5.41, 5.74) is -0.0894. The average molecular weight is 363 g/mol. The van der Waals surface area contributed by atoms with E-state index in [0.29, 0.717) is 12.8 Å². The zero-order valence-corrected chi connectivity index (χ0v) is 14.6. The summed E-state index contributed by atoms with van der Waals surface area (Å²) in [7, 11) is 0. The Balaban J connectivity index is 2.27. The van der Waals surface area contributed by atoms with Crippen molar-refractivity contribution in [2.45, 2.75) is 38.8 Å². The molecule has 0 aliphatic carbocycles. The summed E-state index contributed by atoms with van der Waals surface area (Å²) in [6.07, 6.45) is 0.914. The molecule has 0 radical (unpaired) electrons. The number of carbonyl (C=O) groups excluding carboxylic acids is 4. The molecule has 26 heavy (non-hydrogen) atoms. The van der Waals surface area contributed by atoms with E-state index in [9.17, 15) is 19.2 Å². The number of hydrogen-bond donors (Lipinski definition) is 2. The standard InChI is InChI=1S/C17H21N3O6/c1-3-10-8-25-16(23)12-6-5-7-13(20-12)17(24)26-9-11(4-2)19-15(22)14(21)18-10/h5-7,10-11H,3-4,8-9H2,1-2H3,(H,18,21)(H,19,22)/t10-,11-/m1/s1. The molecular weight excluding hydrogens is 342 g/mol.